The van der Waals surface area contributed by atoms with Crippen molar-refractivity contribution in [3.63, 3.8) is 0 Å². The SMILES string of the molecule is O=C(c1ccn[nH]1)N1CCC2(CCC(c3cccnc3)c3ccccc32)CC1. The number of carbonyl (C=O) groups excluding carboxylic acids is 1. The number of carbonyl (C=O) groups is 1. The van der Waals surface area contributed by atoms with Gasteiger partial charge >= 0.3 is 0 Å². The van der Waals surface area contributed by atoms with E-state index in [1.807, 2.05) is 23.4 Å². The standard InChI is InChI=1S/C23H24N4O/c28-22(21-8-13-25-26-21)27-14-10-23(11-15-27)9-7-18(17-4-3-12-24-16-17)19-5-1-2-6-20(19)23/h1-6,8,12-13,16,18H,7,9-11,14-15H2,(H,25,26). The van der Waals surface area contributed by atoms with Gasteiger partial charge in [0.15, 0.2) is 0 Å². The number of aromatic amines is 1. The van der Waals surface area contributed by atoms with Gasteiger partial charge in [0.05, 0.1) is 0 Å². The van der Waals surface area contributed by atoms with Crippen molar-refractivity contribution in [1.82, 2.24) is 20.1 Å². The van der Waals surface area contributed by atoms with Crippen LogP contribution in [0.1, 0.15) is 58.8 Å². The first kappa shape index (κ1) is 17.2. The van der Waals surface area contributed by atoms with Crippen LogP contribution in [0.5, 0.6) is 0 Å². The number of benzene rings is 1. The number of fused-ring (bicyclic) bond motifs is 2. The summed E-state index contributed by atoms with van der Waals surface area (Å²) >= 11 is 0. The van der Waals surface area contributed by atoms with Crippen molar-refractivity contribution >= 4 is 5.91 Å². The summed E-state index contributed by atoms with van der Waals surface area (Å²) in [5.74, 6) is 0.477. The number of hydrogen-bond acceptors (Lipinski definition) is 3. The summed E-state index contributed by atoms with van der Waals surface area (Å²) in [6, 6.07) is 14.9. The Morgan fingerprint density at radius 1 is 1.04 bits per heavy atom. The number of nitrogens with one attached hydrogen (secondary N) is 1. The monoisotopic (exact) mass is 372 g/mol. The van der Waals surface area contributed by atoms with E-state index < -0.39 is 0 Å². The molecule has 0 bridgehead atoms. The molecular weight excluding hydrogens is 348 g/mol. The second-order valence-corrected chi connectivity index (χ2v) is 8.01. The van der Waals surface area contributed by atoms with Crippen LogP contribution in [0.15, 0.2) is 61.1 Å². The molecule has 3 heterocycles. The highest BCUT2D eigenvalue weighted by atomic mass is 16.2. The molecule has 142 valence electrons. The van der Waals surface area contributed by atoms with Crippen LogP contribution in [-0.4, -0.2) is 39.1 Å². The molecule has 1 aromatic carbocycles. The number of pyridine rings is 1. The van der Waals surface area contributed by atoms with E-state index >= 15 is 0 Å². The van der Waals surface area contributed by atoms with Gasteiger partial charge in [-0.2, -0.15) is 5.10 Å². The highest BCUT2D eigenvalue weighted by molar-refractivity contribution is 5.92. The van der Waals surface area contributed by atoms with Gasteiger partial charge in [0.1, 0.15) is 5.69 Å². The van der Waals surface area contributed by atoms with Crippen molar-refractivity contribution in [2.75, 3.05) is 13.1 Å². The van der Waals surface area contributed by atoms with E-state index in [1.54, 1.807) is 12.3 Å². The highest BCUT2D eigenvalue weighted by Gasteiger charge is 2.42. The van der Waals surface area contributed by atoms with Crippen LogP contribution in [0.4, 0.5) is 0 Å². The molecule has 1 unspecified atom stereocenters. The van der Waals surface area contributed by atoms with Gasteiger partial charge in [-0.3, -0.25) is 14.9 Å². The average Bonchev–Trinajstić information content (AvgIpc) is 3.30. The van der Waals surface area contributed by atoms with Crippen LogP contribution in [0.3, 0.4) is 0 Å². The van der Waals surface area contributed by atoms with Crippen molar-refractivity contribution in [3.8, 4) is 0 Å². The summed E-state index contributed by atoms with van der Waals surface area (Å²) in [4.78, 5) is 19.0. The Balaban J connectivity index is 1.41. The average molecular weight is 372 g/mol. The van der Waals surface area contributed by atoms with E-state index in [9.17, 15) is 4.79 Å². The number of rotatable bonds is 2. The fourth-order valence-electron chi connectivity index (χ4n) is 5.13. The maximum absolute atomic E-state index is 12.7. The predicted octanol–water partition coefficient (Wildman–Crippen LogP) is 3.90. The molecule has 5 nitrogen and oxygen atoms in total. The van der Waals surface area contributed by atoms with Crippen LogP contribution >= 0.6 is 0 Å². The quantitative estimate of drug-likeness (QED) is 0.742. The third kappa shape index (κ3) is 2.82. The first-order valence-electron chi connectivity index (χ1n) is 10.0. The molecule has 1 spiro atoms. The minimum atomic E-state index is 0.0599. The number of piperidine rings is 1. The summed E-state index contributed by atoms with van der Waals surface area (Å²) < 4.78 is 0. The Hall–Kier alpha value is -2.95. The summed E-state index contributed by atoms with van der Waals surface area (Å²) in [5, 5.41) is 6.71. The molecule has 1 amide bonds. The van der Waals surface area contributed by atoms with Crippen LogP contribution in [0, 0.1) is 0 Å². The van der Waals surface area contributed by atoms with Crippen molar-refractivity contribution in [2.24, 2.45) is 0 Å². The summed E-state index contributed by atoms with van der Waals surface area (Å²) in [5.41, 5.74) is 4.98. The smallest absolute Gasteiger partial charge is 0.271 e. The lowest BCUT2D eigenvalue weighted by Crippen LogP contribution is -2.47. The zero-order valence-electron chi connectivity index (χ0n) is 15.8. The zero-order valence-corrected chi connectivity index (χ0v) is 15.8. The first-order chi connectivity index (χ1) is 13.8. The molecule has 1 fully saturated rings. The number of hydrogen-bond donors (Lipinski definition) is 1. The van der Waals surface area contributed by atoms with E-state index in [0.717, 1.165) is 38.8 Å². The van der Waals surface area contributed by atoms with Crippen LogP contribution in [-0.2, 0) is 5.41 Å². The molecule has 1 saturated heterocycles. The summed E-state index contributed by atoms with van der Waals surface area (Å²) in [7, 11) is 0. The van der Waals surface area contributed by atoms with Gasteiger partial charge in [-0.15, -0.1) is 0 Å². The predicted molar refractivity (Wildman–Crippen MR) is 107 cm³/mol. The zero-order chi connectivity index (χ0) is 19.0. The molecule has 2 aromatic heterocycles. The maximum Gasteiger partial charge on any atom is 0.271 e. The molecule has 1 N–H and O–H groups in total. The van der Waals surface area contributed by atoms with E-state index in [0.29, 0.717) is 11.6 Å². The largest absolute Gasteiger partial charge is 0.337 e. The molecular formula is C23H24N4O. The normalized spacial score (nSPS) is 20.7. The van der Waals surface area contributed by atoms with Gasteiger partial charge in [-0.05, 0) is 59.9 Å². The van der Waals surface area contributed by atoms with Crippen molar-refractivity contribution in [2.45, 2.75) is 37.0 Å². The van der Waals surface area contributed by atoms with Crippen molar-refractivity contribution in [3.05, 3.63) is 83.4 Å². The Morgan fingerprint density at radius 2 is 1.89 bits per heavy atom. The first-order valence-corrected chi connectivity index (χ1v) is 10.0. The molecule has 1 aliphatic carbocycles. The maximum atomic E-state index is 12.7. The lowest BCUT2D eigenvalue weighted by Gasteiger charge is -2.47. The van der Waals surface area contributed by atoms with E-state index in [-0.39, 0.29) is 11.3 Å². The summed E-state index contributed by atoms with van der Waals surface area (Å²) in [6.45, 7) is 1.59. The lowest BCUT2D eigenvalue weighted by atomic mass is 9.61. The van der Waals surface area contributed by atoms with Gasteiger partial charge in [-0.25, -0.2) is 0 Å². The third-order valence-electron chi connectivity index (χ3n) is 6.64. The molecule has 3 aromatic rings. The van der Waals surface area contributed by atoms with E-state index in [4.69, 9.17) is 0 Å². The highest BCUT2D eigenvalue weighted by Crippen LogP contribution is 2.50. The fourth-order valence-corrected chi connectivity index (χ4v) is 5.13. The lowest BCUT2D eigenvalue weighted by molar-refractivity contribution is 0.0644. The van der Waals surface area contributed by atoms with Gasteiger partial charge in [0, 0.05) is 37.6 Å². The molecule has 1 atom stereocenters. The van der Waals surface area contributed by atoms with Crippen LogP contribution in [0.25, 0.3) is 0 Å². The number of H-pyrrole nitrogens is 1. The number of likely N-dealkylation sites (tertiary alicyclic amines) is 1. The fraction of sp³-hybridized carbons (Fsp3) is 0.348. The minimum Gasteiger partial charge on any atom is -0.337 e. The molecule has 2 aliphatic rings. The van der Waals surface area contributed by atoms with Gasteiger partial charge in [0.2, 0.25) is 0 Å². The van der Waals surface area contributed by atoms with E-state index in [2.05, 4.69) is 45.5 Å². The number of nitrogens with zero attached hydrogens (tertiary/aromatic N) is 3. The molecule has 5 heteroatoms. The van der Waals surface area contributed by atoms with Crippen LogP contribution in [0.2, 0.25) is 0 Å². The Morgan fingerprint density at radius 3 is 2.64 bits per heavy atom. The molecule has 0 saturated carbocycles. The molecule has 28 heavy (non-hydrogen) atoms. The second kappa shape index (κ2) is 6.89. The van der Waals surface area contributed by atoms with Gasteiger partial charge in [0.25, 0.3) is 5.91 Å². The van der Waals surface area contributed by atoms with Crippen molar-refractivity contribution in [1.29, 1.82) is 0 Å². The van der Waals surface area contributed by atoms with E-state index in [1.165, 1.54) is 16.7 Å². The second-order valence-electron chi connectivity index (χ2n) is 8.01. The Bertz CT molecular complexity index is 959. The number of amides is 1. The van der Waals surface area contributed by atoms with Gasteiger partial charge < -0.3 is 4.90 Å². The Kier molecular flexibility index (Phi) is 4.23. The topological polar surface area (TPSA) is 61.9 Å². The third-order valence-corrected chi connectivity index (χ3v) is 6.64. The summed E-state index contributed by atoms with van der Waals surface area (Å²) in [6.07, 6.45) is 9.81. The van der Waals surface area contributed by atoms with Gasteiger partial charge in [-0.1, -0.05) is 30.3 Å². The molecule has 0 radical (unpaired) electrons. The van der Waals surface area contributed by atoms with Crippen LogP contribution < -0.4 is 0 Å². The number of aromatic nitrogens is 3. The minimum absolute atomic E-state index is 0.0599. The molecule has 5 rings (SSSR count). The Labute approximate surface area is 164 Å². The van der Waals surface area contributed by atoms with Crippen molar-refractivity contribution < 1.29 is 4.79 Å². The molecule has 1 aliphatic heterocycles.